The Balaban J connectivity index is 1.55. The Hall–Kier alpha value is -3.49. The van der Waals surface area contributed by atoms with Crippen LogP contribution in [0.2, 0.25) is 0 Å². The smallest absolute Gasteiger partial charge is 0.326 e. The van der Waals surface area contributed by atoms with Gasteiger partial charge in [-0.25, -0.2) is 13.2 Å². The standard InChI is InChI=1S/C24H32N6O6S2/c25-24(26)27-12-2-1-6-20(31)28-17-10-8-16(9-11-17)15-18(23(33)34)29-22(32)19-5-3-13-30(19)38(35,36)21-7-4-14-37-21/h4,7-11,14,18-19H,1-3,5-6,12-13,15H2,(H,28,31)(H,29,32)(H,33,34)(H4,25,26,27)/t18-,19-/m0/s1. The van der Waals surface area contributed by atoms with Crippen molar-refractivity contribution in [1.82, 2.24) is 9.62 Å². The minimum absolute atomic E-state index is 0.00944. The molecule has 14 heteroatoms. The summed E-state index contributed by atoms with van der Waals surface area (Å²) in [5.74, 6) is -2.03. The van der Waals surface area contributed by atoms with Gasteiger partial charge in [0.15, 0.2) is 5.96 Å². The lowest BCUT2D eigenvalue weighted by Crippen LogP contribution is -2.51. The molecule has 7 N–H and O–H groups in total. The second-order valence-electron chi connectivity index (χ2n) is 8.82. The molecule has 0 radical (unpaired) electrons. The molecule has 0 bridgehead atoms. The molecule has 2 aromatic rings. The molecule has 1 aromatic carbocycles. The third-order valence-electron chi connectivity index (χ3n) is 5.96. The first-order chi connectivity index (χ1) is 18.1. The molecule has 3 rings (SSSR count). The van der Waals surface area contributed by atoms with E-state index < -0.39 is 34.0 Å². The van der Waals surface area contributed by atoms with Crippen LogP contribution in [0.25, 0.3) is 0 Å². The molecule has 206 valence electrons. The molecule has 1 aliphatic heterocycles. The number of nitrogens with one attached hydrogen (secondary N) is 2. The molecule has 2 heterocycles. The molecular formula is C24H32N6O6S2. The van der Waals surface area contributed by atoms with E-state index in [4.69, 9.17) is 11.5 Å². The van der Waals surface area contributed by atoms with Crippen molar-refractivity contribution >= 4 is 50.8 Å². The van der Waals surface area contributed by atoms with Crippen molar-refractivity contribution in [2.45, 2.75) is 54.8 Å². The Kier molecular flexibility index (Phi) is 10.2. The molecule has 1 aliphatic rings. The van der Waals surface area contributed by atoms with Crippen molar-refractivity contribution in [3.05, 3.63) is 47.3 Å². The van der Waals surface area contributed by atoms with Crippen LogP contribution in [0, 0.1) is 0 Å². The largest absolute Gasteiger partial charge is 0.480 e. The predicted molar refractivity (Wildman–Crippen MR) is 144 cm³/mol. The summed E-state index contributed by atoms with van der Waals surface area (Å²) in [4.78, 5) is 40.8. The molecule has 0 saturated carbocycles. The lowest BCUT2D eigenvalue weighted by Gasteiger charge is -2.24. The first-order valence-corrected chi connectivity index (χ1v) is 14.4. The average Bonchev–Trinajstić information content (AvgIpc) is 3.57. The number of aliphatic carboxylic acids is 1. The Bertz CT molecular complexity index is 1240. The molecule has 2 atom stereocenters. The van der Waals surface area contributed by atoms with Crippen molar-refractivity contribution in [1.29, 1.82) is 0 Å². The number of carbonyl (C=O) groups excluding carboxylic acids is 2. The summed E-state index contributed by atoms with van der Waals surface area (Å²) >= 11 is 1.07. The molecule has 1 aromatic heterocycles. The zero-order chi connectivity index (χ0) is 27.7. The highest BCUT2D eigenvalue weighted by molar-refractivity contribution is 7.91. The van der Waals surface area contributed by atoms with Crippen LogP contribution in [0.15, 0.2) is 51.0 Å². The van der Waals surface area contributed by atoms with Gasteiger partial charge in [-0.3, -0.25) is 14.6 Å². The second-order valence-corrected chi connectivity index (χ2v) is 11.9. The van der Waals surface area contributed by atoms with Gasteiger partial charge in [0.05, 0.1) is 0 Å². The maximum atomic E-state index is 13.0. The van der Waals surface area contributed by atoms with Crippen LogP contribution in [0.1, 0.15) is 37.7 Å². The second kappa shape index (κ2) is 13.3. The number of hydrogen-bond acceptors (Lipinski definition) is 7. The van der Waals surface area contributed by atoms with E-state index >= 15 is 0 Å². The van der Waals surface area contributed by atoms with E-state index in [0.717, 1.165) is 15.6 Å². The van der Waals surface area contributed by atoms with Crippen LogP contribution in [-0.2, 0) is 30.8 Å². The number of anilines is 1. The van der Waals surface area contributed by atoms with Crippen LogP contribution in [-0.4, -0.2) is 66.7 Å². The molecule has 2 amide bonds. The fourth-order valence-electron chi connectivity index (χ4n) is 4.07. The maximum Gasteiger partial charge on any atom is 0.326 e. The van der Waals surface area contributed by atoms with Gasteiger partial charge in [0.2, 0.25) is 11.8 Å². The molecule has 0 unspecified atom stereocenters. The number of benzene rings is 1. The van der Waals surface area contributed by atoms with Crippen LogP contribution in [0.4, 0.5) is 5.69 Å². The minimum atomic E-state index is -3.84. The van der Waals surface area contributed by atoms with E-state index in [1.165, 1.54) is 6.07 Å². The van der Waals surface area contributed by atoms with Gasteiger partial charge < -0.3 is 27.2 Å². The van der Waals surface area contributed by atoms with Crippen molar-refractivity contribution in [2.75, 3.05) is 18.4 Å². The molecule has 0 aliphatic carbocycles. The van der Waals surface area contributed by atoms with E-state index in [-0.39, 0.29) is 29.0 Å². The van der Waals surface area contributed by atoms with E-state index in [9.17, 15) is 27.9 Å². The number of nitrogens with zero attached hydrogens (tertiary/aromatic N) is 2. The quantitative estimate of drug-likeness (QED) is 0.135. The van der Waals surface area contributed by atoms with Gasteiger partial charge in [-0.1, -0.05) is 18.2 Å². The lowest BCUT2D eigenvalue weighted by molar-refractivity contribution is -0.142. The maximum absolute atomic E-state index is 13.0. The highest BCUT2D eigenvalue weighted by Crippen LogP contribution is 2.28. The fourth-order valence-corrected chi connectivity index (χ4v) is 6.85. The van der Waals surface area contributed by atoms with Gasteiger partial charge in [-0.15, -0.1) is 11.3 Å². The number of amides is 2. The summed E-state index contributed by atoms with van der Waals surface area (Å²) in [5.41, 5.74) is 11.7. The summed E-state index contributed by atoms with van der Waals surface area (Å²) in [6.45, 7) is 0.647. The van der Waals surface area contributed by atoms with Gasteiger partial charge in [0, 0.05) is 31.6 Å². The SMILES string of the molecule is NC(N)=NCCCCC(=O)Nc1ccc(C[C@H](NC(=O)[C@@H]2CCCN2S(=O)(=O)c2cccs2)C(=O)O)cc1. The number of thiophene rings is 1. The van der Waals surface area contributed by atoms with Gasteiger partial charge >= 0.3 is 5.97 Å². The number of hydrogen-bond donors (Lipinski definition) is 5. The van der Waals surface area contributed by atoms with Crippen molar-refractivity contribution in [2.24, 2.45) is 16.5 Å². The summed E-state index contributed by atoms with van der Waals surface area (Å²) in [6.07, 6.45) is 2.40. The van der Waals surface area contributed by atoms with Crippen LogP contribution < -0.4 is 22.1 Å². The number of carboxylic acid groups (broad SMARTS) is 1. The van der Waals surface area contributed by atoms with Crippen LogP contribution in [0.3, 0.4) is 0 Å². The van der Waals surface area contributed by atoms with Gasteiger partial charge in [0.25, 0.3) is 10.0 Å². The molecule has 0 spiro atoms. The first kappa shape index (κ1) is 29.1. The molecule has 12 nitrogen and oxygen atoms in total. The number of aliphatic imine (C=N–C) groups is 1. The average molecular weight is 565 g/mol. The van der Waals surface area contributed by atoms with Gasteiger partial charge in [0.1, 0.15) is 16.3 Å². The van der Waals surface area contributed by atoms with Crippen LogP contribution in [0.5, 0.6) is 0 Å². The van der Waals surface area contributed by atoms with E-state index in [2.05, 4.69) is 15.6 Å². The van der Waals surface area contributed by atoms with Gasteiger partial charge in [-0.2, -0.15) is 4.31 Å². The summed E-state index contributed by atoms with van der Waals surface area (Å²) in [6, 6.07) is 7.52. The monoisotopic (exact) mass is 564 g/mol. The Morgan fingerprint density at radius 3 is 2.53 bits per heavy atom. The zero-order valence-corrected chi connectivity index (χ0v) is 22.3. The molecule has 1 saturated heterocycles. The summed E-state index contributed by atoms with van der Waals surface area (Å²) < 4.78 is 27.2. The van der Waals surface area contributed by atoms with E-state index in [1.807, 2.05) is 0 Å². The number of rotatable bonds is 13. The first-order valence-electron chi connectivity index (χ1n) is 12.1. The Morgan fingerprint density at radius 1 is 1.16 bits per heavy atom. The number of carbonyl (C=O) groups is 3. The third kappa shape index (κ3) is 8.00. The fraction of sp³-hybridized carbons (Fsp3) is 0.417. The zero-order valence-electron chi connectivity index (χ0n) is 20.7. The number of carboxylic acids is 1. The van der Waals surface area contributed by atoms with Crippen molar-refractivity contribution < 1.29 is 27.9 Å². The summed E-state index contributed by atoms with van der Waals surface area (Å²) in [7, 11) is -3.84. The minimum Gasteiger partial charge on any atom is -0.480 e. The predicted octanol–water partition coefficient (Wildman–Crippen LogP) is 1.10. The lowest BCUT2D eigenvalue weighted by atomic mass is 10.0. The number of guanidine groups is 1. The van der Waals surface area contributed by atoms with Crippen molar-refractivity contribution in [3.63, 3.8) is 0 Å². The number of unbranched alkanes of at least 4 members (excludes halogenated alkanes) is 1. The van der Waals surface area contributed by atoms with Crippen LogP contribution >= 0.6 is 11.3 Å². The Morgan fingerprint density at radius 2 is 1.89 bits per heavy atom. The molecular weight excluding hydrogens is 532 g/mol. The normalized spacial score (nSPS) is 16.5. The van der Waals surface area contributed by atoms with E-state index in [0.29, 0.717) is 49.9 Å². The molecule has 38 heavy (non-hydrogen) atoms. The van der Waals surface area contributed by atoms with Crippen molar-refractivity contribution in [3.8, 4) is 0 Å². The van der Waals surface area contributed by atoms with E-state index in [1.54, 1.807) is 35.7 Å². The highest BCUT2D eigenvalue weighted by Gasteiger charge is 2.40. The molecule has 1 fully saturated rings. The third-order valence-corrected chi connectivity index (χ3v) is 9.24. The highest BCUT2D eigenvalue weighted by atomic mass is 32.2. The summed E-state index contributed by atoms with van der Waals surface area (Å²) in [5, 5.41) is 16.6. The topological polar surface area (TPSA) is 197 Å². The number of nitrogens with two attached hydrogens (primary N) is 2. The number of sulfonamides is 1. The van der Waals surface area contributed by atoms with Gasteiger partial charge in [-0.05, 0) is 54.8 Å². The Labute approximate surface area is 225 Å².